The highest BCUT2D eigenvalue weighted by molar-refractivity contribution is 5.88. The SMILES string of the molecule is COc1cc(/C=N\NC(=O)[C@@H](C#N)c2ccccc2)ccc1OCc1ccccc1C#N. The van der Waals surface area contributed by atoms with E-state index in [4.69, 9.17) is 9.47 Å². The Labute approximate surface area is 186 Å². The van der Waals surface area contributed by atoms with Crippen molar-refractivity contribution in [2.24, 2.45) is 5.10 Å². The normalized spacial score (nSPS) is 11.2. The zero-order valence-electron chi connectivity index (χ0n) is 17.4. The van der Waals surface area contributed by atoms with Crippen molar-refractivity contribution in [3.63, 3.8) is 0 Å². The lowest BCUT2D eigenvalue weighted by Gasteiger charge is -2.12. The van der Waals surface area contributed by atoms with Crippen LogP contribution in [0.3, 0.4) is 0 Å². The van der Waals surface area contributed by atoms with Crippen molar-refractivity contribution in [2.75, 3.05) is 7.11 Å². The fourth-order valence-electron chi connectivity index (χ4n) is 2.96. The minimum absolute atomic E-state index is 0.221. The van der Waals surface area contributed by atoms with Gasteiger partial charge in [0.1, 0.15) is 6.61 Å². The lowest BCUT2D eigenvalue weighted by atomic mass is 10.0. The summed E-state index contributed by atoms with van der Waals surface area (Å²) in [4.78, 5) is 12.3. The molecule has 0 aromatic heterocycles. The van der Waals surface area contributed by atoms with Crippen LogP contribution in [0.15, 0.2) is 77.9 Å². The molecule has 1 N–H and O–H groups in total. The lowest BCUT2D eigenvalue weighted by Crippen LogP contribution is -2.24. The van der Waals surface area contributed by atoms with E-state index in [0.29, 0.717) is 28.2 Å². The summed E-state index contributed by atoms with van der Waals surface area (Å²) < 4.78 is 11.2. The summed E-state index contributed by atoms with van der Waals surface area (Å²) in [5.41, 5.74) is 4.99. The van der Waals surface area contributed by atoms with E-state index in [1.165, 1.54) is 13.3 Å². The van der Waals surface area contributed by atoms with Gasteiger partial charge in [0.25, 0.3) is 5.91 Å². The van der Waals surface area contributed by atoms with Crippen molar-refractivity contribution >= 4 is 12.1 Å². The van der Waals surface area contributed by atoms with Gasteiger partial charge in [0.15, 0.2) is 17.4 Å². The van der Waals surface area contributed by atoms with E-state index in [9.17, 15) is 15.3 Å². The summed E-state index contributed by atoms with van der Waals surface area (Å²) in [7, 11) is 1.52. The van der Waals surface area contributed by atoms with Gasteiger partial charge in [-0.3, -0.25) is 4.79 Å². The molecule has 0 fully saturated rings. The molecule has 0 heterocycles. The summed E-state index contributed by atoms with van der Waals surface area (Å²) in [6.07, 6.45) is 1.45. The monoisotopic (exact) mass is 424 g/mol. The average Bonchev–Trinajstić information content (AvgIpc) is 2.84. The van der Waals surface area contributed by atoms with Crippen LogP contribution < -0.4 is 14.9 Å². The largest absolute Gasteiger partial charge is 0.493 e. The molecule has 3 aromatic rings. The van der Waals surface area contributed by atoms with Crippen molar-refractivity contribution in [2.45, 2.75) is 12.5 Å². The molecule has 3 rings (SSSR count). The Morgan fingerprint density at radius 2 is 1.81 bits per heavy atom. The van der Waals surface area contributed by atoms with Crippen LogP contribution in [-0.2, 0) is 11.4 Å². The first kappa shape index (κ1) is 22.1. The van der Waals surface area contributed by atoms with Crippen molar-refractivity contribution in [1.82, 2.24) is 5.43 Å². The van der Waals surface area contributed by atoms with E-state index in [-0.39, 0.29) is 6.61 Å². The van der Waals surface area contributed by atoms with Crippen LogP contribution in [0.25, 0.3) is 0 Å². The number of nitrogens with zero attached hydrogens (tertiary/aromatic N) is 3. The summed E-state index contributed by atoms with van der Waals surface area (Å²) in [6.45, 7) is 0.221. The highest BCUT2D eigenvalue weighted by Gasteiger charge is 2.19. The molecule has 32 heavy (non-hydrogen) atoms. The first-order valence-electron chi connectivity index (χ1n) is 9.72. The maximum absolute atomic E-state index is 12.3. The number of hydrogen-bond donors (Lipinski definition) is 1. The van der Waals surface area contributed by atoms with Gasteiger partial charge in [-0.15, -0.1) is 0 Å². The second-order valence-electron chi connectivity index (χ2n) is 6.67. The second kappa shape index (κ2) is 11.0. The molecule has 0 saturated heterocycles. The number of amides is 1. The molecule has 0 aliphatic rings. The average molecular weight is 424 g/mol. The Balaban J connectivity index is 1.65. The highest BCUT2D eigenvalue weighted by Crippen LogP contribution is 2.28. The number of methoxy groups -OCH3 is 1. The number of hydrogen-bond acceptors (Lipinski definition) is 6. The van der Waals surface area contributed by atoms with Crippen molar-refractivity contribution in [3.05, 3.63) is 95.1 Å². The Hall–Kier alpha value is -4.62. The molecule has 1 amide bonds. The standard InChI is InChI=1S/C25H20N4O3/c1-31-24-13-18(11-12-23(24)32-17-21-10-6-5-9-20(21)14-26)16-28-29-25(30)22(15-27)19-7-3-2-4-8-19/h2-13,16,22H,17H2,1H3,(H,29,30)/b28-16-/t22-/m0/s1. The highest BCUT2D eigenvalue weighted by atomic mass is 16.5. The Morgan fingerprint density at radius 3 is 2.53 bits per heavy atom. The van der Waals surface area contributed by atoms with Crippen LogP contribution >= 0.6 is 0 Å². The van der Waals surface area contributed by atoms with Crippen LogP contribution in [0, 0.1) is 22.7 Å². The number of nitrogens with one attached hydrogen (secondary N) is 1. The zero-order chi connectivity index (χ0) is 22.8. The molecule has 7 nitrogen and oxygen atoms in total. The van der Waals surface area contributed by atoms with Gasteiger partial charge >= 0.3 is 0 Å². The van der Waals surface area contributed by atoms with Gasteiger partial charge in [0.05, 0.1) is 31.0 Å². The van der Waals surface area contributed by atoms with Crippen LogP contribution in [0.2, 0.25) is 0 Å². The predicted molar refractivity (Wildman–Crippen MR) is 119 cm³/mol. The topological polar surface area (TPSA) is 108 Å². The maximum Gasteiger partial charge on any atom is 0.261 e. The third-order valence-electron chi connectivity index (χ3n) is 4.62. The quantitative estimate of drug-likeness (QED) is 0.436. The Kier molecular flexibility index (Phi) is 7.56. The molecule has 7 heteroatoms. The van der Waals surface area contributed by atoms with Crippen LogP contribution in [0.4, 0.5) is 0 Å². The minimum atomic E-state index is -0.949. The molecule has 0 saturated carbocycles. The van der Waals surface area contributed by atoms with Gasteiger partial charge in [0.2, 0.25) is 0 Å². The Bertz CT molecular complexity index is 1190. The van der Waals surface area contributed by atoms with E-state index >= 15 is 0 Å². The molecule has 0 aliphatic heterocycles. The molecular formula is C25H20N4O3. The molecular weight excluding hydrogens is 404 g/mol. The van der Waals surface area contributed by atoms with E-state index in [2.05, 4.69) is 16.6 Å². The van der Waals surface area contributed by atoms with Crippen molar-refractivity contribution in [3.8, 4) is 23.6 Å². The maximum atomic E-state index is 12.3. The summed E-state index contributed by atoms with van der Waals surface area (Å²) in [6, 6.07) is 25.3. The minimum Gasteiger partial charge on any atom is -0.493 e. The number of rotatable bonds is 8. The summed E-state index contributed by atoms with van der Waals surface area (Å²) >= 11 is 0. The van der Waals surface area contributed by atoms with E-state index in [0.717, 1.165) is 5.56 Å². The van der Waals surface area contributed by atoms with Gasteiger partial charge in [-0.1, -0.05) is 48.5 Å². The summed E-state index contributed by atoms with van der Waals surface area (Å²) in [5.74, 6) is -0.475. The molecule has 0 radical (unpaired) electrons. The molecule has 158 valence electrons. The van der Waals surface area contributed by atoms with Gasteiger partial charge in [0, 0.05) is 5.56 Å². The number of ether oxygens (including phenoxy) is 2. The molecule has 1 atom stereocenters. The lowest BCUT2D eigenvalue weighted by molar-refractivity contribution is -0.121. The predicted octanol–water partition coefficient (Wildman–Crippen LogP) is 3.90. The van der Waals surface area contributed by atoms with Crippen molar-refractivity contribution in [1.29, 1.82) is 10.5 Å². The van der Waals surface area contributed by atoms with Crippen LogP contribution in [0.5, 0.6) is 11.5 Å². The summed E-state index contributed by atoms with van der Waals surface area (Å²) in [5, 5.41) is 22.5. The second-order valence-corrected chi connectivity index (χ2v) is 6.67. The van der Waals surface area contributed by atoms with Gasteiger partial charge < -0.3 is 9.47 Å². The fourth-order valence-corrected chi connectivity index (χ4v) is 2.96. The molecule has 3 aromatic carbocycles. The smallest absolute Gasteiger partial charge is 0.261 e. The fraction of sp³-hybridized carbons (Fsp3) is 0.120. The van der Waals surface area contributed by atoms with Crippen LogP contribution in [-0.4, -0.2) is 19.2 Å². The third kappa shape index (κ3) is 5.50. The van der Waals surface area contributed by atoms with Gasteiger partial charge in [-0.2, -0.15) is 15.6 Å². The van der Waals surface area contributed by atoms with E-state index < -0.39 is 11.8 Å². The van der Waals surface area contributed by atoms with Gasteiger partial charge in [-0.25, -0.2) is 5.43 Å². The molecule has 0 unspecified atom stereocenters. The number of benzene rings is 3. The molecule has 0 spiro atoms. The molecule has 0 bridgehead atoms. The number of hydrazone groups is 1. The first-order valence-corrected chi connectivity index (χ1v) is 9.72. The number of nitriles is 2. The van der Waals surface area contributed by atoms with Gasteiger partial charge in [-0.05, 0) is 35.4 Å². The Morgan fingerprint density at radius 1 is 1.06 bits per heavy atom. The van der Waals surface area contributed by atoms with E-state index in [1.807, 2.05) is 24.3 Å². The van der Waals surface area contributed by atoms with Crippen molar-refractivity contribution < 1.29 is 14.3 Å². The number of carbonyl (C=O) groups is 1. The number of carbonyl (C=O) groups excluding carboxylic acids is 1. The third-order valence-corrected chi connectivity index (χ3v) is 4.62. The van der Waals surface area contributed by atoms with Crippen LogP contribution in [0.1, 0.15) is 28.2 Å². The van der Waals surface area contributed by atoms with E-state index in [1.54, 1.807) is 54.6 Å². The molecule has 0 aliphatic carbocycles. The first-order chi connectivity index (χ1) is 15.7. The zero-order valence-corrected chi connectivity index (χ0v) is 17.4.